The lowest BCUT2D eigenvalue weighted by Crippen LogP contribution is -2.50. The van der Waals surface area contributed by atoms with Gasteiger partial charge in [-0.2, -0.15) is 0 Å². The number of benzene rings is 1. The van der Waals surface area contributed by atoms with Gasteiger partial charge in [0.2, 0.25) is 0 Å². The van der Waals surface area contributed by atoms with Gasteiger partial charge in [-0.15, -0.1) is 0 Å². The number of nitrogens with zero attached hydrogens (tertiary/aromatic N) is 5. The monoisotopic (exact) mass is 563 g/mol. The van der Waals surface area contributed by atoms with Gasteiger partial charge in [-0.05, 0) is 71.4 Å². The van der Waals surface area contributed by atoms with E-state index in [4.69, 9.17) is 9.47 Å². The quantitative estimate of drug-likeness (QED) is 0.492. The highest BCUT2D eigenvalue weighted by Gasteiger charge is 2.40. The molecule has 3 fully saturated rings. The highest BCUT2D eigenvalue weighted by molar-refractivity contribution is 5.95. The van der Waals surface area contributed by atoms with Crippen LogP contribution < -0.4 is 0 Å². The Kier molecular flexibility index (Phi) is 8.58. The van der Waals surface area contributed by atoms with E-state index in [-0.39, 0.29) is 36.0 Å². The molecule has 0 radical (unpaired) electrons. The molecule has 3 heterocycles. The van der Waals surface area contributed by atoms with Crippen LogP contribution in [0.4, 0.5) is 4.79 Å². The summed E-state index contributed by atoms with van der Waals surface area (Å²) in [5.74, 6) is 0.449. The van der Waals surface area contributed by atoms with Crippen molar-refractivity contribution >= 4 is 17.9 Å². The molecule has 10 heteroatoms. The summed E-state index contributed by atoms with van der Waals surface area (Å²) in [7, 11) is 1.66. The Labute approximate surface area is 242 Å². The number of likely N-dealkylation sites (tertiary alicyclic amines) is 2. The van der Waals surface area contributed by atoms with Gasteiger partial charge < -0.3 is 24.2 Å². The third kappa shape index (κ3) is 6.86. The predicted octanol–water partition coefficient (Wildman–Crippen LogP) is 4.40. The molecule has 0 bridgehead atoms. The average molecular weight is 564 g/mol. The van der Waals surface area contributed by atoms with Gasteiger partial charge in [0.05, 0.1) is 18.2 Å². The molecule has 0 spiro atoms. The Morgan fingerprint density at radius 1 is 0.902 bits per heavy atom. The van der Waals surface area contributed by atoms with Gasteiger partial charge in [0.1, 0.15) is 5.60 Å². The molecule has 3 amide bonds. The van der Waals surface area contributed by atoms with E-state index in [0.29, 0.717) is 36.6 Å². The van der Waals surface area contributed by atoms with Crippen LogP contribution in [0.15, 0.2) is 36.7 Å². The third-order valence-electron chi connectivity index (χ3n) is 7.97. The van der Waals surface area contributed by atoms with Crippen molar-refractivity contribution in [2.75, 3.05) is 33.4 Å². The zero-order chi connectivity index (χ0) is 29.1. The van der Waals surface area contributed by atoms with Crippen LogP contribution in [0.3, 0.4) is 0 Å². The first-order valence-corrected chi connectivity index (χ1v) is 14.7. The lowest BCUT2D eigenvalue weighted by Gasteiger charge is -2.39. The smallest absolute Gasteiger partial charge is 0.410 e. The van der Waals surface area contributed by atoms with E-state index in [1.807, 2.05) is 42.7 Å². The van der Waals surface area contributed by atoms with Crippen LogP contribution in [0.25, 0.3) is 11.4 Å². The fourth-order valence-electron chi connectivity index (χ4n) is 5.77. The summed E-state index contributed by atoms with van der Waals surface area (Å²) in [5, 5.41) is 0. The maximum atomic E-state index is 13.6. The molecule has 2 aliphatic heterocycles. The van der Waals surface area contributed by atoms with Crippen LogP contribution in [0, 0.1) is 0 Å². The molecule has 1 aromatic carbocycles. The summed E-state index contributed by atoms with van der Waals surface area (Å²) in [6.07, 6.45) is 8.25. The zero-order valence-electron chi connectivity index (χ0n) is 24.5. The molecule has 10 nitrogen and oxygen atoms in total. The molecule has 1 aromatic heterocycles. The molecule has 2 aromatic rings. The molecule has 0 unspecified atom stereocenters. The van der Waals surface area contributed by atoms with Gasteiger partial charge in [-0.25, -0.2) is 14.8 Å². The first kappa shape index (κ1) is 29.0. The van der Waals surface area contributed by atoms with Crippen LogP contribution in [0.1, 0.15) is 80.0 Å². The first-order chi connectivity index (χ1) is 19.6. The number of piperidine rings is 1. The van der Waals surface area contributed by atoms with Crippen molar-refractivity contribution in [2.24, 2.45) is 0 Å². The minimum atomic E-state index is -0.531. The van der Waals surface area contributed by atoms with Crippen LogP contribution in [-0.2, 0) is 9.47 Å². The van der Waals surface area contributed by atoms with Gasteiger partial charge in [0, 0.05) is 62.3 Å². The largest absolute Gasteiger partial charge is 0.444 e. The number of ether oxygens (including phenoxy) is 2. The summed E-state index contributed by atoms with van der Waals surface area (Å²) in [6, 6.07) is 7.72. The highest BCUT2D eigenvalue weighted by atomic mass is 16.6. The highest BCUT2D eigenvalue weighted by Crippen LogP contribution is 2.33. The second kappa shape index (κ2) is 12.1. The number of methoxy groups -OCH3 is 1. The second-order valence-electron chi connectivity index (χ2n) is 12.3. The summed E-state index contributed by atoms with van der Waals surface area (Å²) in [5.41, 5.74) is 1.34. The topological polar surface area (TPSA) is 105 Å². The van der Waals surface area contributed by atoms with E-state index >= 15 is 0 Å². The lowest BCUT2D eigenvalue weighted by atomic mass is 10.0. The fourth-order valence-corrected chi connectivity index (χ4v) is 5.77. The van der Waals surface area contributed by atoms with E-state index < -0.39 is 5.60 Å². The maximum Gasteiger partial charge on any atom is 0.410 e. The van der Waals surface area contributed by atoms with Crippen molar-refractivity contribution in [3.63, 3.8) is 0 Å². The Hall–Kier alpha value is -3.53. The van der Waals surface area contributed by atoms with Crippen LogP contribution in [-0.4, -0.2) is 99.7 Å². The van der Waals surface area contributed by atoms with E-state index in [2.05, 4.69) is 9.97 Å². The standard InChI is InChI=1S/C31H41N5O5/c1-31(2,3)41-30(39)34-16-13-25(14-17-34)36(24-11-12-24)29(38)23-18-32-27(33-19-23)21-7-9-22(10-8-21)28(37)35-15-5-6-26(35)20-40-4/h7-10,18-19,24-26H,5-6,11-17,20H2,1-4H3/t26-/m0/s1. The Bertz CT molecular complexity index is 1230. The van der Waals surface area contributed by atoms with Gasteiger partial charge in [0.25, 0.3) is 11.8 Å². The van der Waals surface area contributed by atoms with Crippen LogP contribution in [0.2, 0.25) is 0 Å². The van der Waals surface area contributed by atoms with E-state index in [1.165, 1.54) is 0 Å². The number of amides is 3. The van der Waals surface area contributed by atoms with Crippen molar-refractivity contribution in [3.8, 4) is 11.4 Å². The fraction of sp³-hybridized carbons (Fsp3) is 0.581. The molecule has 5 rings (SSSR count). The van der Waals surface area contributed by atoms with Crippen molar-refractivity contribution in [3.05, 3.63) is 47.8 Å². The third-order valence-corrected chi connectivity index (χ3v) is 7.97. The number of carbonyl (C=O) groups excluding carboxylic acids is 3. The van der Waals surface area contributed by atoms with Crippen molar-refractivity contribution in [2.45, 2.75) is 83.0 Å². The molecule has 1 saturated carbocycles. The predicted molar refractivity (Wildman–Crippen MR) is 153 cm³/mol. The number of rotatable bonds is 7. The minimum Gasteiger partial charge on any atom is -0.444 e. The van der Waals surface area contributed by atoms with Crippen molar-refractivity contribution < 1.29 is 23.9 Å². The zero-order valence-corrected chi connectivity index (χ0v) is 24.5. The summed E-state index contributed by atoms with van der Waals surface area (Å²) >= 11 is 0. The Balaban J connectivity index is 1.21. The Morgan fingerprint density at radius 2 is 1.54 bits per heavy atom. The van der Waals surface area contributed by atoms with Gasteiger partial charge in [-0.1, -0.05) is 12.1 Å². The van der Waals surface area contributed by atoms with Gasteiger partial charge >= 0.3 is 6.09 Å². The molecule has 3 aliphatic rings. The molecule has 0 N–H and O–H groups in total. The second-order valence-corrected chi connectivity index (χ2v) is 12.3. The molecule has 1 atom stereocenters. The molecule has 2 saturated heterocycles. The normalized spacial score (nSPS) is 19.8. The van der Waals surface area contributed by atoms with Crippen LogP contribution in [0.5, 0.6) is 0 Å². The van der Waals surface area contributed by atoms with Gasteiger partial charge in [-0.3, -0.25) is 9.59 Å². The minimum absolute atomic E-state index is 0.00931. The van der Waals surface area contributed by atoms with E-state index in [9.17, 15) is 14.4 Å². The van der Waals surface area contributed by atoms with Crippen LogP contribution >= 0.6 is 0 Å². The van der Waals surface area contributed by atoms with E-state index in [0.717, 1.165) is 50.6 Å². The maximum absolute atomic E-state index is 13.6. The molecule has 1 aliphatic carbocycles. The summed E-state index contributed by atoms with van der Waals surface area (Å²) in [6.45, 7) is 8.01. The number of hydrogen-bond donors (Lipinski definition) is 0. The SMILES string of the molecule is COC[C@@H]1CCCN1C(=O)c1ccc(-c2ncc(C(=O)N(C3CC3)C3CCN(C(=O)OC(C)(C)C)CC3)cn2)cc1. The summed E-state index contributed by atoms with van der Waals surface area (Å²) < 4.78 is 10.8. The Morgan fingerprint density at radius 3 is 2.12 bits per heavy atom. The molecule has 41 heavy (non-hydrogen) atoms. The van der Waals surface area contributed by atoms with Crippen molar-refractivity contribution in [1.29, 1.82) is 0 Å². The first-order valence-electron chi connectivity index (χ1n) is 14.7. The average Bonchev–Trinajstić information content (AvgIpc) is 3.69. The molecular formula is C31H41N5O5. The summed E-state index contributed by atoms with van der Waals surface area (Å²) in [4.78, 5) is 53.7. The van der Waals surface area contributed by atoms with E-state index in [1.54, 1.807) is 36.5 Å². The number of aromatic nitrogens is 2. The lowest BCUT2D eigenvalue weighted by molar-refractivity contribution is 0.0142. The number of carbonyl (C=O) groups is 3. The van der Waals surface area contributed by atoms with Crippen molar-refractivity contribution in [1.82, 2.24) is 24.7 Å². The number of hydrogen-bond acceptors (Lipinski definition) is 7. The molecule has 220 valence electrons. The van der Waals surface area contributed by atoms with Gasteiger partial charge in [0.15, 0.2) is 5.82 Å². The molecular weight excluding hydrogens is 522 g/mol.